The van der Waals surface area contributed by atoms with Crippen LogP contribution in [0.3, 0.4) is 0 Å². The number of fused-ring (bicyclic) bond motifs is 7. The molecule has 0 spiro atoms. The van der Waals surface area contributed by atoms with Gasteiger partial charge < -0.3 is 30.0 Å². The van der Waals surface area contributed by atoms with E-state index >= 15 is 0 Å². The molecule has 11 atom stereocenters. The molecule has 1 aliphatic heterocycles. The maximum Gasteiger partial charge on any atom is 0.309 e. The Morgan fingerprint density at radius 3 is 2.23 bits per heavy atom. The maximum atomic E-state index is 14.7. The third-order valence-electron chi connectivity index (χ3n) is 19.2. The molecule has 6 fully saturated rings. The van der Waals surface area contributed by atoms with Gasteiger partial charge in [0, 0.05) is 23.3 Å². The number of carboxylic acid groups (broad SMARTS) is 1. The van der Waals surface area contributed by atoms with Crippen LogP contribution in [0.2, 0.25) is 5.02 Å². The van der Waals surface area contributed by atoms with Gasteiger partial charge in [0.05, 0.1) is 36.2 Å². The number of nitrogens with one attached hydrogen (secondary N) is 2. The summed E-state index contributed by atoms with van der Waals surface area (Å²) in [6.45, 7) is 24.4. The predicted molar refractivity (Wildman–Crippen MR) is 244 cm³/mol. The Balaban J connectivity index is 1.02. The number of halogens is 1. The summed E-state index contributed by atoms with van der Waals surface area (Å²) in [7, 11) is 0. The van der Waals surface area contributed by atoms with Gasteiger partial charge in [0.1, 0.15) is 23.5 Å². The Hall–Kier alpha value is -3.44. The average Bonchev–Trinajstić information content (AvgIpc) is 3.80. The lowest BCUT2D eigenvalue weighted by Gasteiger charge is -2.72. The number of allylic oxidation sites excluding steroid dienone is 1. The second kappa shape index (κ2) is 15.8. The molecular weight excluding hydrogens is 832 g/mol. The molecule has 0 unspecified atom stereocenters. The molecule has 0 bridgehead atoms. The number of ether oxygens (including phenoxy) is 3. The molecule has 1 heterocycles. The van der Waals surface area contributed by atoms with Crippen LogP contribution >= 0.6 is 11.6 Å². The van der Waals surface area contributed by atoms with Gasteiger partial charge in [0.15, 0.2) is 5.78 Å². The number of carboxylic acids is 1. The molecule has 3 N–H and O–H groups in total. The Morgan fingerprint density at radius 1 is 0.875 bits per heavy atom. The number of carbonyl (C=O) groups is 5. The van der Waals surface area contributed by atoms with Crippen molar-refractivity contribution in [2.45, 2.75) is 170 Å². The van der Waals surface area contributed by atoms with Crippen LogP contribution in [0.4, 0.5) is 0 Å². The quantitative estimate of drug-likeness (QED) is 0.195. The number of ketones is 1. The van der Waals surface area contributed by atoms with E-state index in [0.717, 1.165) is 56.1 Å². The van der Waals surface area contributed by atoms with Crippen molar-refractivity contribution in [1.29, 1.82) is 0 Å². The summed E-state index contributed by atoms with van der Waals surface area (Å²) in [5, 5.41) is 16.6. The molecule has 2 amide bonds. The summed E-state index contributed by atoms with van der Waals surface area (Å²) in [5.41, 5.74) is -0.995. The van der Waals surface area contributed by atoms with Crippen molar-refractivity contribution in [3.63, 3.8) is 0 Å². The molecule has 0 aromatic heterocycles. The minimum absolute atomic E-state index is 0.00311. The lowest BCUT2D eigenvalue weighted by molar-refractivity contribution is -0.235. The highest BCUT2D eigenvalue weighted by atomic mass is 35.5. The highest BCUT2D eigenvalue weighted by Gasteiger charge is 2.71. The number of hydrogen-bond acceptors (Lipinski definition) is 8. The molecule has 352 valence electrons. The summed E-state index contributed by atoms with van der Waals surface area (Å²) in [6.07, 6.45) is 7.97. The number of hydrogen-bond donors (Lipinski definition) is 3. The number of rotatable bonds is 10. The van der Waals surface area contributed by atoms with E-state index in [-0.39, 0.29) is 75.3 Å². The van der Waals surface area contributed by atoms with Crippen molar-refractivity contribution < 1.29 is 43.3 Å². The maximum absolute atomic E-state index is 14.7. The first-order valence-corrected chi connectivity index (χ1v) is 24.5. The molecule has 7 aliphatic rings. The molecular formula is C52H73ClN2O9. The van der Waals surface area contributed by atoms with Gasteiger partial charge in [-0.3, -0.25) is 24.0 Å². The van der Waals surface area contributed by atoms with Crippen molar-refractivity contribution in [3.8, 4) is 5.75 Å². The van der Waals surface area contributed by atoms with E-state index in [1.54, 1.807) is 32.0 Å². The van der Waals surface area contributed by atoms with Crippen LogP contribution in [0.5, 0.6) is 5.75 Å². The Bertz CT molecular complexity index is 2160. The predicted octanol–water partition coefficient (Wildman–Crippen LogP) is 9.52. The summed E-state index contributed by atoms with van der Waals surface area (Å²) < 4.78 is 18.1. The standard InChI is InChI=1S/C52H73ClN2O9/c1-28(2)40-35(56)26-52(55-45(61)48(7,8)54-42(57)31-13-12-29(53)24-36(31)63-30-18-23-62-27-30)22-21-50(10)32(41(40)52)14-15-38-49(9)19-17-39(47(5,6)37(49)16-20-51(38,50)11)64-44(60)34-25-33(43(58)59)46(34,3)4/h12-13,24,28,30,32-34,37-39H,14-23,25-27H2,1-11H3,(H,54,57)(H,55,61)(H,58,59)/t30-,32-,33+,34-,37+,38-,39+,49+,50-,51-,52-/m1/s1. The van der Waals surface area contributed by atoms with E-state index < -0.39 is 40.2 Å². The number of esters is 1. The zero-order valence-electron chi connectivity index (χ0n) is 40.1. The van der Waals surface area contributed by atoms with Gasteiger partial charge in [-0.15, -0.1) is 0 Å². The van der Waals surface area contributed by atoms with Crippen LogP contribution in [-0.2, 0) is 28.7 Å². The van der Waals surface area contributed by atoms with Crippen molar-refractivity contribution in [3.05, 3.63) is 39.9 Å². The van der Waals surface area contributed by atoms with Crippen molar-refractivity contribution in [2.24, 2.45) is 62.6 Å². The topological polar surface area (TPSA) is 157 Å². The second-order valence-electron chi connectivity index (χ2n) is 23.8. The fourth-order valence-corrected chi connectivity index (χ4v) is 15.4. The van der Waals surface area contributed by atoms with Crippen LogP contribution in [0.1, 0.15) is 157 Å². The average molecular weight is 906 g/mol. The van der Waals surface area contributed by atoms with Gasteiger partial charge >= 0.3 is 11.9 Å². The highest BCUT2D eigenvalue weighted by molar-refractivity contribution is 6.30. The fraction of sp³-hybridized carbons (Fsp3) is 0.750. The molecule has 8 rings (SSSR count). The monoisotopic (exact) mass is 905 g/mol. The summed E-state index contributed by atoms with van der Waals surface area (Å²) >= 11 is 6.33. The minimum atomic E-state index is -1.33. The first-order chi connectivity index (χ1) is 29.7. The molecule has 5 saturated carbocycles. The Morgan fingerprint density at radius 2 is 1.59 bits per heavy atom. The number of Topliss-reactive ketones (excluding diaryl/α,β-unsaturated/α-hetero) is 1. The van der Waals surface area contributed by atoms with Crippen LogP contribution in [0.25, 0.3) is 0 Å². The SMILES string of the molecule is CC(C)C1=C2[C@H]3CC[C@@H]4[C@@]5(C)CC[C@H](OC(=O)[C@H]6C[C@@H](C(=O)O)C6(C)C)C(C)(C)[C@@H]5CC[C@@]4(C)[C@]3(C)CC[C@@]2(NC(=O)C(C)(C)NC(=O)c2ccc(Cl)cc2O[C@@H]2CCOC2)CC1=O. The molecule has 64 heavy (non-hydrogen) atoms. The molecule has 1 saturated heterocycles. The second-order valence-corrected chi connectivity index (χ2v) is 24.3. The first kappa shape index (κ1) is 47.1. The van der Waals surface area contributed by atoms with Gasteiger partial charge in [-0.25, -0.2) is 0 Å². The fourth-order valence-electron chi connectivity index (χ4n) is 15.3. The lowest BCUT2D eigenvalue weighted by atomic mass is 9.33. The minimum Gasteiger partial charge on any atom is -0.487 e. The van der Waals surface area contributed by atoms with E-state index in [4.69, 9.17) is 25.8 Å². The number of benzene rings is 1. The first-order valence-electron chi connectivity index (χ1n) is 24.1. The molecule has 11 nitrogen and oxygen atoms in total. The number of aliphatic carboxylic acids is 1. The summed E-state index contributed by atoms with van der Waals surface area (Å²) in [5.74, 6) is -1.57. The third kappa shape index (κ3) is 7.16. The number of carbonyl (C=O) groups excluding carboxylic acids is 4. The third-order valence-corrected chi connectivity index (χ3v) is 19.4. The van der Waals surface area contributed by atoms with Crippen LogP contribution in [0.15, 0.2) is 29.3 Å². The molecule has 1 aromatic rings. The van der Waals surface area contributed by atoms with E-state index in [0.29, 0.717) is 55.1 Å². The largest absolute Gasteiger partial charge is 0.487 e. The van der Waals surface area contributed by atoms with Crippen LogP contribution in [-0.4, -0.2) is 71.1 Å². The lowest BCUT2D eigenvalue weighted by Crippen LogP contribution is -2.68. The van der Waals surface area contributed by atoms with E-state index in [2.05, 4.69) is 59.1 Å². The molecule has 1 aromatic carbocycles. The summed E-state index contributed by atoms with van der Waals surface area (Å²) in [6, 6.07) is 4.87. The van der Waals surface area contributed by atoms with E-state index in [1.165, 1.54) is 0 Å². The summed E-state index contributed by atoms with van der Waals surface area (Å²) in [4.78, 5) is 68.5. The van der Waals surface area contributed by atoms with Gasteiger partial charge in [0.25, 0.3) is 5.91 Å². The zero-order valence-corrected chi connectivity index (χ0v) is 40.9. The van der Waals surface area contributed by atoms with Crippen LogP contribution in [0, 0.1) is 62.6 Å². The van der Waals surface area contributed by atoms with Crippen molar-refractivity contribution in [2.75, 3.05) is 13.2 Å². The van der Waals surface area contributed by atoms with E-state index in [9.17, 15) is 29.1 Å². The van der Waals surface area contributed by atoms with Gasteiger partial charge in [0.2, 0.25) is 5.91 Å². The molecule has 0 radical (unpaired) electrons. The molecule has 12 heteroatoms. The smallest absolute Gasteiger partial charge is 0.309 e. The Labute approximate surface area is 385 Å². The van der Waals surface area contributed by atoms with Crippen LogP contribution < -0.4 is 15.4 Å². The Kier molecular flexibility index (Phi) is 11.6. The normalized spacial score (nSPS) is 38.5. The molecule has 6 aliphatic carbocycles. The van der Waals surface area contributed by atoms with Gasteiger partial charge in [-0.05, 0) is 146 Å². The number of amides is 2. The highest BCUT2D eigenvalue weighted by Crippen LogP contribution is 2.76. The van der Waals surface area contributed by atoms with Gasteiger partial charge in [-0.2, -0.15) is 0 Å². The van der Waals surface area contributed by atoms with Gasteiger partial charge in [-0.1, -0.05) is 73.9 Å². The van der Waals surface area contributed by atoms with E-state index in [1.807, 2.05) is 13.8 Å². The van der Waals surface area contributed by atoms with Crippen molar-refractivity contribution >= 4 is 41.1 Å². The van der Waals surface area contributed by atoms with Crippen molar-refractivity contribution in [1.82, 2.24) is 10.6 Å². The zero-order chi connectivity index (χ0) is 46.7.